The second-order valence-corrected chi connectivity index (χ2v) is 4.76. The Bertz CT molecular complexity index is 583. The van der Waals surface area contributed by atoms with Crippen molar-refractivity contribution < 1.29 is 17.9 Å². The number of halogens is 2. The first-order valence-corrected chi connectivity index (χ1v) is 6.89. The summed E-state index contributed by atoms with van der Waals surface area (Å²) in [4.78, 5) is 0. The first-order chi connectivity index (χ1) is 10.2. The van der Waals surface area contributed by atoms with E-state index in [1.807, 2.05) is 19.1 Å². The summed E-state index contributed by atoms with van der Waals surface area (Å²) in [6.07, 6.45) is 0.317. The summed E-state index contributed by atoms with van der Waals surface area (Å²) in [6, 6.07) is 7.66. The molecule has 1 atom stereocenters. The summed E-state index contributed by atoms with van der Waals surface area (Å²) >= 11 is 0. The summed E-state index contributed by atoms with van der Waals surface area (Å²) in [5, 5.41) is 3.23. The van der Waals surface area contributed by atoms with E-state index in [0.29, 0.717) is 36.7 Å². The molecular formula is C16H19F2NO2. The van der Waals surface area contributed by atoms with Crippen LogP contribution in [0.1, 0.15) is 30.0 Å². The second kappa shape index (κ2) is 7.33. The second-order valence-electron chi connectivity index (χ2n) is 4.76. The SMILES string of the molecule is CCNC(Cc1cccc(F)c1F)c1ccc(COC)o1. The average Bonchev–Trinajstić information content (AvgIpc) is 2.92. The molecule has 0 fully saturated rings. The minimum absolute atomic E-state index is 0.211. The van der Waals surface area contributed by atoms with Crippen LogP contribution < -0.4 is 5.32 Å². The number of ether oxygens (including phenoxy) is 1. The molecule has 3 nitrogen and oxygen atoms in total. The van der Waals surface area contributed by atoms with Gasteiger partial charge < -0.3 is 14.5 Å². The van der Waals surface area contributed by atoms with Gasteiger partial charge in [0.25, 0.3) is 0 Å². The summed E-state index contributed by atoms with van der Waals surface area (Å²) in [7, 11) is 1.59. The largest absolute Gasteiger partial charge is 0.462 e. The quantitative estimate of drug-likeness (QED) is 0.847. The van der Waals surface area contributed by atoms with Gasteiger partial charge >= 0.3 is 0 Å². The van der Waals surface area contributed by atoms with Crippen LogP contribution in [0.4, 0.5) is 8.78 Å². The van der Waals surface area contributed by atoms with Crippen molar-refractivity contribution in [1.29, 1.82) is 0 Å². The zero-order chi connectivity index (χ0) is 15.2. The number of hydrogen-bond acceptors (Lipinski definition) is 3. The maximum absolute atomic E-state index is 13.8. The molecule has 0 aliphatic heterocycles. The molecule has 0 spiro atoms. The fraction of sp³-hybridized carbons (Fsp3) is 0.375. The Labute approximate surface area is 122 Å². The molecule has 2 aromatic rings. The molecule has 0 radical (unpaired) electrons. The highest BCUT2D eigenvalue weighted by Gasteiger charge is 2.18. The Balaban J connectivity index is 2.20. The van der Waals surface area contributed by atoms with Crippen LogP contribution in [-0.4, -0.2) is 13.7 Å². The van der Waals surface area contributed by atoms with Gasteiger partial charge in [-0.1, -0.05) is 19.1 Å². The Kier molecular flexibility index (Phi) is 5.47. The van der Waals surface area contributed by atoms with Crippen LogP contribution in [0.3, 0.4) is 0 Å². The van der Waals surface area contributed by atoms with Gasteiger partial charge in [-0.15, -0.1) is 0 Å². The van der Waals surface area contributed by atoms with Crippen LogP contribution in [0, 0.1) is 11.6 Å². The highest BCUT2D eigenvalue weighted by atomic mass is 19.2. The van der Waals surface area contributed by atoms with Gasteiger partial charge in [-0.2, -0.15) is 0 Å². The van der Waals surface area contributed by atoms with E-state index >= 15 is 0 Å². The zero-order valence-electron chi connectivity index (χ0n) is 12.2. The number of furan rings is 1. The topological polar surface area (TPSA) is 34.4 Å². The van der Waals surface area contributed by atoms with Crippen molar-refractivity contribution in [2.24, 2.45) is 0 Å². The molecule has 0 aliphatic carbocycles. The summed E-state index contributed by atoms with van der Waals surface area (Å²) in [5.41, 5.74) is 0.325. The first-order valence-electron chi connectivity index (χ1n) is 6.89. The van der Waals surface area contributed by atoms with Gasteiger partial charge in [-0.05, 0) is 36.7 Å². The highest BCUT2D eigenvalue weighted by Crippen LogP contribution is 2.23. The fourth-order valence-corrected chi connectivity index (χ4v) is 2.25. The van der Waals surface area contributed by atoms with Crippen molar-refractivity contribution in [3.05, 3.63) is 59.1 Å². The van der Waals surface area contributed by atoms with Crippen LogP contribution in [0.25, 0.3) is 0 Å². The summed E-state index contributed by atoms with van der Waals surface area (Å²) in [6.45, 7) is 3.03. The lowest BCUT2D eigenvalue weighted by Gasteiger charge is -2.16. The number of rotatable bonds is 7. The Hall–Kier alpha value is -1.72. The molecule has 0 saturated heterocycles. The first kappa shape index (κ1) is 15.7. The predicted molar refractivity (Wildman–Crippen MR) is 75.9 cm³/mol. The van der Waals surface area contributed by atoms with Crippen LogP contribution in [0.2, 0.25) is 0 Å². The highest BCUT2D eigenvalue weighted by molar-refractivity contribution is 5.22. The van der Waals surface area contributed by atoms with E-state index < -0.39 is 11.6 Å². The molecule has 1 aromatic heterocycles. The number of methoxy groups -OCH3 is 1. The van der Waals surface area contributed by atoms with E-state index in [1.165, 1.54) is 6.07 Å². The minimum atomic E-state index is -0.831. The van der Waals surface area contributed by atoms with Gasteiger partial charge in [0.05, 0.1) is 6.04 Å². The van der Waals surface area contributed by atoms with Crippen molar-refractivity contribution in [3.8, 4) is 0 Å². The lowest BCUT2D eigenvalue weighted by Crippen LogP contribution is -2.23. The normalized spacial score (nSPS) is 12.6. The van der Waals surface area contributed by atoms with Crippen LogP contribution in [0.5, 0.6) is 0 Å². The Morgan fingerprint density at radius 1 is 1.24 bits per heavy atom. The summed E-state index contributed by atoms with van der Waals surface area (Å²) in [5.74, 6) is -0.242. The third kappa shape index (κ3) is 3.89. The van der Waals surface area contributed by atoms with Gasteiger partial charge in [0, 0.05) is 7.11 Å². The molecular weight excluding hydrogens is 276 g/mol. The van der Waals surface area contributed by atoms with E-state index in [-0.39, 0.29) is 6.04 Å². The van der Waals surface area contributed by atoms with Crippen LogP contribution >= 0.6 is 0 Å². The van der Waals surface area contributed by atoms with E-state index in [0.717, 1.165) is 6.07 Å². The number of nitrogens with one attached hydrogen (secondary N) is 1. The molecule has 0 saturated carbocycles. The van der Waals surface area contributed by atoms with Gasteiger partial charge in [0.1, 0.15) is 18.1 Å². The predicted octanol–water partition coefficient (Wildman–Crippen LogP) is 3.60. The fourth-order valence-electron chi connectivity index (χ4n) is 2.25. The number of likely N-dealkylation sites (N-methyl/N-ethyl adjacent to an activating group) is 1. The molecule has 1 heterocycles. The van der Waals surface area contributed by atoms with E-state index in [9.17, 15) is 8.78 Å². The van der Waals surface area contributed by atoms with Gasteiger partial charge in [0.15, 0.2) is 11.6 Å². The maximum atomic E-state index is 13.8. The lowest BCUT2D eigenvalue weighted by atomic mass is 10.0. The van der Waals surface area contributed by atoms with Gasteiger partial charge in [0.2, 0.25) is 0 Å². The van der Waals surface area contributed by atoms with Gasteiger partial charge in [-0.3, -0.25) is 0 Å². The summed E-state index contributed by atoms with van der Waals surface area (Å²) < 4.78 is 37.8. The number of hydrogen-bond donors (Lipinski definition) is 1. The van der Waals surface area contributed by atoms with Crippen LogP contribution in [-0.2, 0) is 17.8 Å². The van der Waals surface area contributed by atoms with E-state index in [2.05, 4.69) is 5.32 Å². The van der Waals surface area contributed by atoms with E-state index in [4.69, 9.17) is 9.15 Å². The minimum Gasteiger partial charge on any atom is -0.462 e. The van der Waals surface area contributed by atoms with Crippen molar-refractivity contribution >= 4 is 0 Å². The third-order valence-electron chi connectivity index (χ3n) is 3.22. The zero-order valence-corrected chi connectivity index (χ0v) is 12.2. The monoisotopic (exact) mass is 295 g/mol. The molecule has 1 aromatic carbocycles. The van der Waals surface area contributed by atoms with Gasteiger partial charge in [-0.25, -0.2) is 8.78 Å². The van der Waals surface area contributed by atoms with Crippen molar-refractivity contribution in [1.82, 2.24) is 5.32 Å². The number of benzene rings is 1. The molecule has 0 aliphatic rings. The Morgan fingerprint density at radius 2 is 2.05 bits per heavy atom. The molecule has 0 bridgehead atoms. The van der Waals surface area contributed by atoms with E-state index in [1.54, 1.807) is 13.2 Å². The molecule has 5 heteroatoms. The molecule has 114 valence electrons. The maximum Gasteiger partial charge on any atom is 0.162 e. The lowest BCUT2D eigenvalue weighted by molar-refractivity contribution is 0.161. The molecule has 1 N–H and O–H groups in total. The van der Waals surface area contributed by atoms with Crippen LogP contribution in [0.15, 0.2) is 34.7 Å². The molecule has 0 amide bonds. The van der Waals surface area contributed by atoms with Crippen molar-refractivity contribution in [2.75, 3.05) is 13.7 Å². The third-order valence-corrected chi connectivity index (χ3v) is 3.22. The average molecular weight is 295 g/mol. The standard InChI is InChI=1S/C16H19F2NO2/c1-3-19-14(15-8-7-12(21-15)10-20-2)9-11-5-4-6-13(17)16(11)18/h4-8,14,19H,3,9-10H2,1-2H3. The molecule has 2 rings (SSSR count). The molecule has 1 unspecified atom stereocenters. The molecule has 21 heavy (non-hydrogen) atoms. The Morgan fingerprint density at radius 3 is 2.76 bits per heavy atom. The smallest absolute Gasteiger partial charge is 0.162 e. The van der Waals surface area contributed by atoms with Crippen molar-refractivity contribution in [2.45, 2.75) is 26.0 Å². The van der Waals surface area contributed by atoms with Crippen molar-refractivity contribution in [3.63, 3.8) is 0 Å².